The SMILES string of the molecule is C[C@H]1[C@@H](CSc2ccc(C(=O)O)cc2)O[C@@H](c2ccc(-c3cccc(CN4C(=O)CC(NC(=O)OCc5ccccc5)C4=O)c3)cc2)O[C@H]1c1ccc(CO)cc1. The Kier molecular flexibility index (Phi) is 12.4. The predicted molar refractivity (Wildman–Crippen MR) is 213 cm³/mol. The lowest BCUT2D eigenvalue weighted by Gasteiger charge is -2.41. The van der Waals surface area contributed by atoms with Crippen molar-refractivity contribution in [2.45, 2.75) is 62.5 Å². The number of thioether (sulfide) groups is 1. The molecule has 7 rings (SSSR count). The summed E-state index contributed by atoms with van der Waals surface area (Å²) in [5, 5.41) is 21.4. The number of nitrogens with one attached hydrogen (secondary N) is 1. The minimum Gasteiger partial charge on any atom is -0.478 e. The van der Waals surface area contributed by atoms with Gasteiger partial charge in [-0.25, -0.2) is 9.59 Å². The van der Waals surface area contributed by atoms with E-state index in [-0.39, 0.29) is 55.8 Å². The van der Waals surface area contributed by atoms with E-state index in [9.17, 15) is 29.4 Å². The molecule has 2 aliphatic rings. The lowest BCUT2D eigenvalue weighted by Crippen LogP contribution is -2.41. The third kappa shape index (κ3) is 9.61. The fraction of sp³-hybridized carbons (Fsp3) is 0.244. The minimum absolute atomic E-state index is 0.0251. The number of benzene rings is 5. The molecular formula is C45H42N2O9S. The number of carbonyl (C=O) groups is 4. The molecule has 5 aromatic rings. The van der Waals surface area contributed by atoms with Crippen molar-refractivity contribution in [3.63, 3.8) is 0 Å². The van der Waals surface area contributed by atoms with Crippen LogP contribution < -0.4 is 5.32 Å². The van der Waals surface area contributed by atoms with Gasteiger partial charge in [-0.2, -0.15) is 0 Å². The van der Waals surface area contributed by atoms with Gasteiger partial charge >= 0.3 is 12.1 Å². The van der Waals surface area contributed by atoms with Gasteiger partial charge in [-0.15, -0.1) is 11.8 Å². The number of likely N-dealkylation sites (tertiary alicyclic amines) is 1. The van der Waals surface area contributed by atoms with Gasteiger partial charge in [0.1, 0.15) is 12.6 Å². The summed E-state index contributed by atoms with van der Waals surface area (Å²) in [5.74, 6) is -1.24. The molecule has 0 aromatic heterocycles. The van der Waals surface area contributed by atoms with E-state index in [2.05, 4.69) is 12.2 Å². The van der Waals surface area contributed by atoms with E-state index in [1.165, 1.54) is 0 Å². The quantitative estimate of drug-likeness (QED) is 0.0801. The summed E-state index contributed by atoms with van der Waals surface area (Å²) >= 11 is 1.59. The fourth-order valence-corrected chi connectivity index (χ4v) is 7.98. The van der Waals surface area contributed by atoms with E-state index < -0.39 is 30.3 Å². The molecule has 0 spiro atoms. The number of hydrogen-bond donors (Lipinski definition) is 3. The first kappa shape index (κ1) is 39.4. The standard InChI is InChI=1S/C45H42N2O9S/c1-28-39(27-57-37-20-18-34(19-21-37)43(51)52)55-44(56-41(28)33-12-10-29(25-48)11-13-33)35-16-14-32(15-17-35)36-9-5-8-31(22-36)24-47-40(49)23-38(42(47)50)46-45(53)54-26-30-6-3-2-4-7-30/h2-22,28,38-39,41,44,48H,23-27H2,1H3,(H,46,53)(H,51,52)/t28-,38?,39+,41+,44+/m0/s1. The number of nitrogens with zero attached hydrogens (tertiary/aromatic N) is 1. The number of aliphatic hydroxyl groups excluding tert-OH is 1. The molecule has 12 heteroatoms. The highest BCUT2D eigenvalue weighted by molar-refractivity contribution is 7.99. The number of alkyl carbamates (subject to hydrolysis) is 1. The van der Waals surface area contributed by atoms with E-state index in [0.717, 1.165) is 48.7 Å². The monoisotopic (exact) mass is 786 g/mol. The molecule has 2 heterocycles. The zero-order chi connectivity index (χ0) is 39.9. The molecule has 3 amide bonds. The minimum atomic E-state index is -0.994. The van der Waals surface area contributed by atoms with Gasteiger partial charge in [-0.3, -0.25) is 14.5 Å². The van der Waals surface area contributed by atoms with Crippen molar-refractivity contribution in [1.82, 2.24) is 10.2 Å². The Bertz CT molecular complexity index is 2200. The molecule has 2 aliphatic heterocycles. The molecule has 5 atom stereocenters. The summed E-state index contributed by atoms with van der Waals surface area (Å²) in [6.45, 7) is 2.15. The molecule has 57 heavy (non-hydrogen) atoms. The van der Waals surface area contributed by atoms with Crippen LogP contribution in [0.4, 0.5) is 4.79 Å². The number of carboxylic acids is 1. The van der Waals surface area contributed by atoms with Crippen LogP contribution in [-0.2, 0) is 43.6 Å². The van der Waals surface area contributed by atoms with Crippen LogP contribution in [0.2, 0.25) is 0 Å². The first-order valence-electron chi connectivity index (χ1n) is 18.6. The molecule has 2 fully saturated rings. The van der Waals surface area contributed by atoms with Gasteiger partial charge in [0.2, 0.25) is 5.91 Å². The topological polar surface area (TPSA) is 152 Å². The van der Waals surface area contributed by atoms with E-state index in [4.69, 9.17) is 14.2 Å². The number of ether oxygens (including phenoxy) is 3. The first-order chi connectivity index (χ1) is 27.6. The average Bonchev–Trinajstić information content (AvgIpc) is 3.50. The Morgan fingerprint density at radius 2 is 1.51 bits per heavy atom. The normalized spacial score (nSPS) is 20.7. The van der Waals surface area contributed by atoms with E-state index in [1.54, 1.807) is 36.0 Å². The Balaban J connectivity index is 1.02. The molecule has 3 N–H and O–H groups in total. The first-order valence-corrected chi connectivity index (χ1v) is 19.6. The Hall–Kier alpha value is -5.79. The molecule has 0 bridgehead atoms. The maximum Gasteiger partial charge on any atom is 0.408 e. The highest BCUT2D eigenvalue weighted by Crippen LogP contribution is 2.43. The van der Waals surface area contributed by atoms with Crippen LogP contribution in [0.5, 0.6) is 0 Å². The number of amides is 3. The maximum atomic E-state index is 13.2. The average molecular weight is 787 g/mol. The Morgan fingerprint density at radius 3 is 2.21 bits per heavy atom. The molecule has 0 radical (unpaired) electrons. The summed E-state index contributed by atoms with van der Waals surface area (Å²) in [6.07, 6.45) is -2.08. The molecule has 0 saturated carbocycles. The van der Waals surface area contributed by atoms with Gasteiger partial charge in [-0.05, 0) is 63.7 Å². The molecule has 2 saturated heterocycles. The van der Waals surface area contributed by atoms with E-state index in [1.807, 2.05) is 103 Å². The number of carboxylic acid groups (broad SMARTS) is 1. The van der Waals surface area contributed by atoms with Gasteiger partial charge in [0, 0.05) is 22.1 Å². The molecular weight excluding hydrogens is 745 g/mol. The molecule has 292 valence electrons. The van der Waals surface area contributed by atoms with Gasteiger partial charge in [0.25, 0.3) is 5.91 Å². The van der Waals surface area contributed by atoms with Crippen molar-refractivity contribution >= 4 is 35.6 Å². The molecule has 11 nitrogen and oxygen atoms in total. The number of imide groups is 1. The molecule has 1 unspecified atom stereocenters. The van der Waals surface area contributed by atoms with Crippen LogP contribution >= 0.6 is 11.8 Å². The van der Waals surface area contributed by atoms with Crippen molar-refractivity contribution in [3.8, 4) is 11.1 Å². The fourth-order valence-electron chi connectivity index (χ4n) is 6.92. The molecule has 5 aromatic carbocycles. The zero-order valence-corrected chi connectivity index (χ0v) is 32.0. The number of aromatic carboxylic acids is 1. The van der Waals surface area contributed by atoms with Crippen LogP contribution in [-0.4, -0.2) is 56.9 Å². The maximum absolute atomic E-state index is 13.2. The van der Waals surface area contributed by atoms with Gasteiger partial charge in [-0.1, -0.05) is 104 Å². The third-order valence-corrected chi connectivity index (χ3v) is 11.3. The van der Waals surface area contributed by atoms with Crippen molar-refractivity contribution in [2.75, 3.05) is 5.75 Å². The number of aliphatic hydroxyl groups is 1. The largest absolute Gasteiger partial charge is 0.478 e. The van der Waals surface area contributed by atoms with Crippen LogP contribution in [0.1, 0.15) is 63.9 Å². The molecule has 0 aliphatic carbocycles. The van der Waals surface area contributed by atoms with Crippen LogP contribution in [0, 0.1) is 5.92 Å². The summed E-state index contributed by atoms with van der Waals surface area (Å²) in [4.78, 5) is 51.9. The van der Waals surface area contributed by atoms with E-state index in [0.29, 0.717) is 5.75 Å². The second-order valence-corrected chi connectivity index (χ2v) is 15.2. The van der Waals surface area contributed by atoms with Gasteiger partial charge in [0.05, 0.1) is 37.3 Å². The van der Waals surface area contributed by atoms with Crippen molar-refractivity contribution in [2.24, 2.45) is 5.92 Å². The Morgan fingerprint density at radius 1 is 0.807 bits per heavy atom. The number of rotatable bonds is 13. The lowest BCUT2D eigenvalue weighted by atomic mass is 9.91. The summed E-state index contributed by atoms with van der Waals surface area (Å²) < 4.78 is 18.5. The van der Waals surface area contributed by atoms with Crippen LogP contribution in [0.25, 0.3) is 11.1 Å². The van der Waals surface area contributed by atoms with Crippen molar-refractivity contribution < 1.29 is 43.6 Å². The number of hydrogen-bond acceptors (Lipinski definition) is 9. The van der Waals surface area contributed by atoms with Gasteiger partial charge in [0.15, 0.2) is 6.29 Å². The van der Waals surface area contributed by atoms with Crippen molar-refractivity contribution in [1.29, 1.82) is 0 Å². The summed E-state index contributed by atoms with van der Waals surface area (Å²) in [5.41, 5.74) is 6.21. The number of carbonyl (C=O) groups excluding carboxylic acids is 3. The smallest absolute Gasteiger partial charge is 0.408 e. The highest BCUT2D eigenvalue weighted by atomic mass is 32.2. The van der Waals surface area contributed by atoms with Crippen LogP contribution in [0.3, 0.4) is 0 Å². The highest BCUT2D eigenvalue weighted by Gasteiger charge is 2.40. The van der Waals surface area contributed by atoms with E-state index >= 15 is 0 Å². The second kappa shape index (κ2) is 18.0. The zero-order valence-electron chi connectivity index (χ0n) is 31.2. The van der Waals surface area contributed by atoms with Gasteiger partial charge < -0.3 is 29.7 Å². The van der Waals surface area contributed by atoms with Crippen LogP contribution in [0.15, 0.2) is 132 Å². The summed E-state index contributed by atoms with van der Waals surface area (Å²) in [7, 11) is 0. The predicted octanol–water partition coefficient (Wildman–Crippen LogP) is 7.68. The third-order valence-electron chi connectivity index (χ3n) is 10.2. The summed E-state index contributed by atoms with van der Waals surface area (Å²) in [6, 6.07) is 38.2. The second-order valence-electron chi connectivity index (χ2n) is 14.1. The lowest BCUT2D eigenvalue weighted by molar-refractivity contribution is -0.268. The van der Waals surface area contributed by atoms with Crippen molar-refractivity contribution in [3.05, 3.63) is 161 Å². The Labute approximate surface area is 334 Å².